The first-order valence-electron chi connectivity index (χ1n) is 38.6. The van der Waals surface area contributed by atoms with E-state index < -0.39 is 0 Å². The van der Waals surface area contributed by atoms with Crippen molar-refractivity contribution in [2.24, 2.45) is 0 Å². The minimum atomic E-state index is 1.10. The maximum atomic E-state index is 2.48. The molecule has 0 atom stereocenters. The quantitative estimate of drug-likeness (QED) is 0.0335. The van der Waals surface area contributed by atoms with E-state index in [0.29, 0.717) is 0 Å². The molecule has 10 aromatic rings. The minimum Gasteiger partial charge on any atom is -0.0654 e. The molecule has 0 heterocycles. The summed E-state index contributed by atoms with van der Waals surface area (Å²) in [5.41, 5.74) is 26.6. The van der Waals surface area contributed by atoms with Gasteiger partial charge in [0.05, 0.1) is 0 Å². The molecule has 0 saturated heterocycles. The molecular weight excluding hydrogens is 1150 g/mol. The van der Waals surface area contributed by atoms with E-state index in [-0.39, 0.29) is 0 Å². The highest BCUT2D eigenvalue weighted by atomic mass is 14.3. The van der Waals surface area contributed by atoms with Gasteiger partial charge in [-0.15, -0.1) is 0 Å². The molecule has 0 radical (unpaired) electrons. The van der Waals surface area contributed by atoms with Crippen molar-refractivity contribution >= 4 is 0 Å². The molecule has 0 fully saturated rings. The van der Waals surface area contributed by atoms with Gasteiger partial charge in [-0.05, 0) is 155 Å². The van der Waals surface area contributed by atoms with Crippen LogP contribution in [0, 0.1) is 0 Å². The summed E-state index contributed by atoms with van der Waals surface area (Å²) < 4.78 is 0. The lowest BCUT2D eigenvalue weighted by Gasteiger charge is -2.29. The third-order valence-electron chi connectivity index (χ3n) is 20.5. The molecule has 0 saturated carbocycles. The van der Waals surface area contributed by atoms with Crippen molar-refractivity contribution in [3.8, 4) is 100 Å². The number of aryl methyl sites for hydroxylation is 3. The molecule has 0 N–H and O–H groups in total. The van der Waals surface area contributed by atoms with Gasteiger partial charge in [0, 0.05) is 0 Å². The van der Waals surface area contributed by atoms with Gasteiger partial charge in [-0.3, -0.25) is 0 Å². The van der Waals surface area contributed by atoms with Crippen LogP contribution in [0.25, 0.3) is 100 Å². The predicted molar refractivity (Wildman–Crippen MR) is 422 cm³/mol. The number of benzene rings is 10. The van der Waals surface area contributed by atoms with Crippen molar-refractivity contribution in [1.29, 1.82) is 0 Å². The van der Waals surface area contributed by atoms with Crippen LogP contribution in [0.2, 0.25) is 0 Å². The van der Waals surface area contributed by atoms with E-state index in [2.05, 4.69) is 257 Å². The molecule has 0 nitrogen and oxygen atoms in total. The fraction of sp³-hybridized carbons (Fsp3) is 0.375. The highest BCUT2D eigenvalue weighted by molar-refractivity contribution is 6.15. The van der Waals surface area contributed by atoms with E-state index in [1.165, 1.54) is 309 Å². The number of rotatable bonds is 42. The average Bonchev–Trinajstić information content (AvgIpc) is 0.716. The van der Waals surface area contributed by atoms with E-state index in [1.807, 2.05) is 0 Å². The Kier molecular flexibility index (Phi) is 29.6. The maximum Gasteiger partial charge on any atom is -0.00139 e. The molecule has 0 aliphatic carbocycles. The lowest BCUT2D eigenvalue weighted by atomic mass is 9.73. The standard InChI is InChI=1S/C96H114/c1-4-7-10-13-16-19-22-25-28-34-43-76-52-58-85(59-53-76)91-94(88-70-64-82(65-71-88)79-46-37-31-38-47-79)92(86-60-54-77(55-61-86)44-35-29-26-23-20-17-14-11-8-5-2)96(90-74-68-84(69-75-90)81-50-41-33-42-51-81)93(95(91)89-72-66-83(67-73-89)80-48-39-32-40-49-80)87-62-56-78(57-63-87)45-36-30-27-24-21-18-15-12-9-6-3/h31-33,37-42,46-75H,4-30,34-36,43-45H2,1-3H3. The first-order chi connectivity index (χ1) is 47.6. The van der Waals surface area contributed by atoms with Gasteiger partial charge >= 0.3 is 0 Å². The van der Waals surface area contributed by atoms with Gasteiger partial charge in [0.1, 0.15) is 0 Å². The van der Waals surface area contributed by atoms with Crippen LogP contribution in [0.15, 0.2) is 237 Å². The Morgan fingerprint density at radius 1 is 0.135 bits per heavy atom. The molecule has 0 amide bonds. The van der Waals surface area contributed by atoms with Crippen LogP contribution in [0.5, 0.6) is 0 Å². The topological polar surface area (TPSA) is 0 Å². The molecule has 10 aromatic carbocycles. The number of hydrogen-bond acceptors (Lipinski definition) is 0. The zero-order valence-corrected chi connectivity index (χ0v) is 59.4. The lowest BCUT2D eigenvalue weighted by Crippen LogP contribution is -2.03. The van der Waals surface area contributed by atoms with Gasteiger partial charge in [-0.25, -0.2) is 0 Å². The zero-order valence-electron chi connectivity index (χ0n) is 59.4. The van der Waals surface area contributed by atoms with Crippen molar-refractivity contribution in [3.63, 3.8) is 0 Å². The molecular formula is C96H114. The van der Waals surface area contributed by atoms with Gasteiger partial charge in [-0.2, -0.15) is 0 Å². The van der Waals surface area contributed by atoms with E-state index in [1.54, 1.807) is 0 Å². The van der Waals surface area contributed by atoms with Crippen LogP contribution in [0.1, 0.15) is 230 Å². The van der Waals surface area contributed by atoms with Crippen LogP contribution in [0.4, 0.5) is 0 Å². The second-order valence-corrected chi connectivity index (χ2v) is 28.0. The summed E-state index contributed by atoms with van der Waals surface area (Å²) in [6, 6.07) is 91.3. The second-order valence-electron chi connectivity index (χ2n) is 28.0. The first-order valence-corrected chi connectivity index (χ1v) is 38.6. The van der Waals surface area contributed by atoms with E-state index >= 15 is 0 Å². The van der Waals surface area contributed by atoms with E-state index in [4.69, 9.17) is 0 Å². The van der Waals surface area contributed by atoms with E-state index in [0.717, 1.165) is 19.3 Å². The summed E-state index contributed by atoms with van der Waals surface area (Å²) in [6.07, 6.45) is 43.7. The van der Waals surface area contributed by atoms with Crippen molar-refractivity contribution in [3.05, 3.63) is 253 Å². The molecule has 0 bridgehead atoms. The number of unbranched alkanes of at least 4 members (excludes halogenated alkanes) is 27. The second kappa shape index (κ2) is 40.0. The molecule has 0 spiro atoms. The molecule has 0 aromatic heterocycles. The maximum absolute atomic E-state index is 2.48. The van der Waals surface area contributed by atoms with Crippen molar-refractivity contribution < 1.29 is 0 Å². The van der Waals surface area contributed by atoms with Crippen molar-refractivity contribution in [2.75, 3.05) is 0 Å². The highest BCUT2D eigenvalue weighted by Crippen LogP contribution is 2.56. The van der Waals surface area contributed by atoms with Gasteiger partial charge < -0.3 is 0 Å². The van der Waals surface area contributed by atoms with Crippen LogP contribution < -0.4 is 0 Å². The largest absolute Gasteiger partial charge is 0.0654 e. The van der Waals surface area contributed by atoms with Crippen LogP contribution in [0.3, 0.4) is 0 Å². The average molecular weight is 1270 g/mol. The fourth-order valence-electron chi connectivity index (χ4n) is 14.8. The minimum absolute atomic E-state index is 1.10. The Hall–Kier alpha value is -7.80. The molecule has 10 rings (SSSR count). The predicted octanol–water partition coefficient (Wildman–Crippen LogP) is 30.1. The van der Waals surface area contributed by atoms with Crippen LogP contribution in [-0.2, 0) is 19.3 Å². The molecule has 498 valence electrons. The first kappa shape index (κ1) is 71.0. The monoisotopic (exact) mass is 1270 g/mol. The molecule has 0 unspecified atom stereocenters. The Labute approximate surface area is 582 Å². The molecule has 0 aliphatic rings. The van der Waals surface area contributed by atoms with Gasteiger partial charge in [0.15, 0.2) is 0 Å². The lowest BCUT2D eigenvalue weighted by molar-refractivity contribution is 0.556. The van der Waals surface area contributed by atoms with Gasteiger partial charge in [0.2, 0.25) is 0 Å². The summed E-state index contributed by atoms with van der Waals surface area (Å²) in [6.45, 7) is 6.94. The summed E-state index contributed by atoms with van der Waals surface area (Å²) in [5.74, 6) is 0. The highest BCUT2D eigenvalue weighted by Gasteiger charge is 2.30. The normalized spacial score (nSPS) is 11.4. The van der Waals surface area contributed by atoms with Crippen LogP contribution in [-0.4, -0.2) is 0 Å². The molecule has 0 heteroatoms. The Bertz CT molecular complexity index is 3320. The third kappa shape index (κ3) is 21.1. The summed E-state index contributed by atoms with van der Waals surface area (Å²) >= 11 is 0. The van der Waals surface area contributed by atoms with E-state index in [9.17, 15) is 0 Å². The van der Waals surface area contributed by atoms with Crippen molar-refractivity contribution in [2.45, 2.75) is 233 Å². The van der Waals surface area contributed by atoms with Crippen LogP contribution >= 0.6 is 0 Å². The van der Waals surface area contributed by atoms with Gasteiger partial charge in [-0.1, -0.05) is 431 Å². The summed E-state index contributed by atoms with van der Waals surface area (Å²) in [5, 5.41) is 0. The number of hydrogen-bond donors (Lipinski definition) is 0. The third-order valence-corrected chi connectivity index (χ3v) is 20.5. The SMILES string of the molecule is CCCCCCCCCCCCc1ccc(-c2c(-c3ccc(-c4ccccc4)cc3)c(-c3ccc(CCCCCCCCCCCC)cc3)c(-c3ccc(-c4ccccc4)cc3)c(-c3ccc(CCCCCCCCCCCC)cc3)c2-c2ccc(-c3ccccc3)cc2)cc1. The zero-order chi connectivity index (χ0) is 66.0. The Morgan fingerprint density at radius 3 is 0.469 bits per heavy atom. The Balaban J connectivity index is 1.14. The summed E-state index contributed by atoms with van der Waals surface area (Å²) in [4.78, 5) is 0. The Morgan fingerprint density at radius 2 is 0.281 bits per heavy atom. The smallest absolute Gasteiger partial charge is 0.00139 e. The van der Waals surface area contributed by atoms with Gasteiger partial charge in [0.25, 0.3) is 0 Å². The van der Waals surface area contributed by atoms with Crippen molar-refractivity contribution in [1.82, 2.24) is 0 Å². The molecule has 96 heavy (non-hydrogen) atoms. The molecule has 0 aliphatic heterocycles. The summed E-state index contributed by atoms with van der Waals surface area (Å²) in [7, 11) is 0. The fourth-order valence-corrected chi connectivity index (χ4v) is 14.8.